The molecule has 0 radical (unpaired) electrons. The zero-order chi connectivity index (χ0) is 23.6. The average molecular weight is 439 g/mol. The molecule has 0 saturated heterocycles. The van der Waals surface area contributed by atoms with E-state index in [1.54, 1.807) is 0 Å². The van der Waals surface area contributed by atoms with Crippen molar-refractivity contribution in [2.45, 2.75) is 32.3 Å². The van der Waals surface area contributed by atoms with Crippen molar-refractivity contribution in [1.29, 1.82) is 0 Å². The smallest absolute Gasteiger partial charge is 0.346 e. The molecule has 0 amide bonds. The molecule has 1 rings (SSSR count). The number of hydrogen-bond acceptors (Lipinski definition) is 9. The lowest BCUT2D eigenvalue weighted by Gasteiger charge is -2.22. The van der Waals surface area contributed by atoms with Crippen LogP contribution in [0.3, 0.4) is 0 Å². The Kier molecular flexibility index (Phi) is 9.77. The predicted molar refractivity (Wildman–Crippen MR) is 104 cm³/mol. The van der Waals surface area contributed by atoms with Gasteiger partial charge in [0.05, 0.1) is 24.0 Å². The number of ether oxygens (including phenoxy) is 2. The van der Waals surface area contributed by atoms with Crippen LogP contribution in [0.15, 0.2) is 24.3 Å². The van der Waals surface area contributed by atoms with Gasteiger partial charge >= 0.3 is 29.8 Å². The summed E-state index contributed by atoms with van der Waals surface area (Å²) in [5.74, 6) is -7.16. The van der Waals surface area contributed by atoms with Gasteiger partial charge in [0.15, 0.2) is 5.60 Å². The van der Waals surface area contributed by atoms with Gasteiger partial charge in [-0.3, -0.25) is 9.59 Å². The highest BCUT2D eigenvalue weighted by Gasteiger charge is 2.42. The number of nitrogens with zero attached hydrogens (tertiary/aromatic N) is 1. The molecule has 0 spiro atoms. The number of hydrogen-bond donors (Lipinski definition) is 3. The molecule has 0 aliphatic rings. The lowest BCUT2D eigenvalue weighted by molar-refractivity contribution is -0.172. The monoisotopic (exact) mass is 439 g/mol. The van der Waals surface area contributed by atoms with E-state index in [1.165, 1.54) is 12.1 Å². The lowest BCUT2D eigenvalue weighted by Crippen LogP contribution is -2.44. The number of carboxylic acids is 2. The van der Waals surface area contributed by atoms with Crippen molar-refractivity contribution in [2.24, 2.45) is 0 Å². The van der Waals surface area contributed by atoms with Gasteiger partial charge in [-0.2, -0.15) is 0 Å². The van der Waals surface area contributed by atoms with Gasteiger partial charge < -0.3 is 29.7 Å². The quantitative estimate of drug-likeness (QED) is 0.307. The summed E-state index contributed by atoms with van der Waals surface area (Å²) in [6.45, 7) is 5.64. The number of benzene rings is 1. The number of carbonyl (C=O) groups excluding carboxylic acids is 3. The Morgan fingerprint density at radius 3 is 2.00 bits per heavy atom. The fourth-order valence-corrected chi connectivity index (χ4v) is 2.61. The third-order valence-corrected chi connectivity index (χ3v) is 4.42. The van der Waals surface area contributed by atoms with Crippen molar-refractivity contribution in [2.75, 3.05) is 26.2 Å². The molecule has 1 atom stereocenters. The Bertz CT molecular complexity index is 833. The number of carboxylic acid groups (broad SMARTS) is 2. The number of likely N-dealkylation sites (N-methyl/N-ethyl adjacent to an activating group) is 1. The van der Waals surface area contributed by atoms with Gasteiger partial charge in [-0.05, 0) is 25.2 Å². The summed E-state index contributed by atoms with van der Waals surface area (Å²) in [7, 11) is 0. The molecule has 0 aliphatic carbocycles. The van der Waals surface area contributed by atoms with E-state index < -0.39 is 59.4 Å². The van der Waals surface area contributed by atoms with Crippen molar-refractivity contribution < 1.29 is 48.8 Å². The van der Waals surface area contributed by atoms with E-state index in [9.17, 15) is 34.2 Å². The zero-order valence-electron chi connectivity index (χ0n) is 17.2. The molecule has 0 aliphatic heterocycles. The maximum Gasteiger partial charge on any atom is 0.346 e. The van der Waals surface area contributed by atoms with Crippen LogP contribution in [0.25, 0.3) is 0 Å². The summed E-state index contributed by atoms with van der Waals surface area (Å²) in [4.78, 5) is 60.6. The van der Waals surface area contributed by atoms with Gasteiger partial charge in [-0.15, -0.1) is 0 Å². The van der Waals surface area contributed by atoms with Gasteiger partial charge in [0.1, 0.15) is 6.61 Å². The molecule has 1 unspecified atom stereocenters. The number of aliphatic hydroxyl groups is 1. The molecule has 0 bridgehead atoms. The van der Waals surface area contributed by atoms with E-state index in [0.717, 1.165) is 25.2 Å². The van der Waals surface area contributed by atoms with Crippen LogP contribution in [0.5, 0.6) is 0 Å². The highest BCUT2D eigenvalue weighted by molar-refractivity contribution is 6.05. The molecular weight excluding hydrogens is 414 g/mol. The van der Waals surface area contributed by atoms with Crippen LogP contribution in [-0.2, 0) is 23.9 Å². The molecular formula is C20H25NO10. The molecule has 0 heterocycles. The summed E-state index contributed by atoms with van der Waals surface area (Å²) in [6.07, 6.45) is -2.27. The fraction of sp³-hybridized carbons (Fsp3) is 0.450. The van der Waals surface area contributed by atoms with E-state index in [1.807, 2.05) is 18.7 Å². The average Bonchev–Trinajstić information content (AvgIpc) is 2.70. The SMILES string of the molecule is CCN(CC)CCOC(=O)CC(O)(CC(=O)OC(=O)c1ccccc1C(=O)O)C(=O)O. The molecule has 11 nitrogen and oxygen atoms in total. The van der Waals surface area contributed by atoms with E-state index in [0.29, 0.717) is 6.54 Å². The van der Waals surface area contributed by atoms with Gasteiger partial charge in [-0.25, -0.2) is 14.4 Å². The van der Waals surface area contributed by atoms with Crippen LogP contribution >= 0.6 is 0 Å². The highest BCUT2D eigenvalue weighted by Crippen LogP contribution is 2.19. The summed E-state index contributed by atoms with van der Waals surface area (Å²) < 4.78 is 9.38. The first-order valence-electron chi connectivity index (χ1n) is 9.45. The first kappa shape index (κ1) is 25.7. The Morgan fingerprint density at radius 2 is 1.48 bits per heavy atom. The van der Waals surface area contributed by atoms with Gasteiger partial charge in [0, 0.05) is 6.54 Å². The Hall–Kier alpha value is -3.31. The van der Waals surface area contributed by atoms with Crippen molar-refractivity contribution in [3.8, 4) is 0 Å². The van der Waals surface area contributed by atoms with Crippen molar-refractivity contribution in [1.82, 2.24) is 4.90 Å². The largest absolute Gasteiger partial charge is 0.479 e. The third-order valence-electron chi connectivity index (χ3n) is 4.42. The number of carbonyl (C=O) groups is 5. The number of rotatable bonds is 12. The van der Waals surface area contributed by atoms with Crippen LogP contribution in [0.1, 0.15) is 47.4 Å². The molecule has 170 valence electrons. The lowest BCUT2D eigenvalue weighted by atomic mass is 9.96. The molecule has 0 aromatic heterocycles. The minimum Gasteiger partial charge on any atom is -0.479 e. The fourth-order valence-electron chi connectivity index (χ4n) is 2.61. The van der Waals surface area contributed by atoms with E-state index in [-0.39, 0.29) is 6.61 Å². The number of aliphatic carboxylic acids is 1. The second kappa shape index (κ2) is 11.8. The molecule has 1 aromatic rings. The van der Waals surface area contributed by atoms with Gasteiger partial charge in [0.25, 0.3) is 0 Å². The predicted octanol–water partition coefficient (Wildman–Crippen LogP) is 0.549. The van der Waals surface area contributed by atoms with Crippen LogP contribution < -0.4 is 0 Å². The molecule has 31 heavy (non-hydrogen) atoms. The molecule has 3 N–H and O–H groups in total. The second-order valence-corrected chi connectivity index (χ2v) is 6.55. The number of esters is 3. The Morgan fingerprint density at radius 1 is 0.935 bits per heavy atom. The standard InChI is InChI=1S/C20H25NO10/c1-3-21(4-2)9-10-30-15(22)11-20(29,19(27)28)12-16(23)31-18(26)14-8-6-5-7-13(14)17(24)25/h5-8,29H,3-4,9-12H2,1-2H3,(H,24,25)(H,27,28). The van der Waals surface area contributed by atoms with E-state index in [4.69, 9.17) is 9.84 Å². The zero-order valence-corrected chi connectivity index (χ0v) is 17.2. The van der Waals surface area contributed by atoms with E-state index in [2.05, 4.69) is 4.74 Å². The summed E-state index contributed by atoms with van der Waals surface area (Å²) >= 11 is 0. The third kappa shape index (κ3) is 7.79. The molecule has 1 aromatic carbocycles. The van der Waals surface area contributed by atoms with Crippen LogP contribution in [0, 0.1) is 0 Å². The van der Waals surface area contributed by atoms with Crippen molar-refractivity contribution in [3.05, 3.63) is 35.4 Å². The van der Waals surface area contributed by atoms with Crippen LogP contribution in [0.4, 0.5) is 0 Å². The maximum atomic E-state index is 12.1. The first-order chi connectivity index (χ1) is 14.5. The second-order valence-electron chi connectivity index (χ2n) is 6.55. The van der Waals surface area contributed by atoms with Gasteiger partial charge in [-0.1, -0.05) is 26.0 Å². The van der Waals surface area contributed by atoms with Crippen molar-refractivity contribution >= 4 is 29.8 Å². The Labute approximate surface area is 178 Å². The minimum absolute atomic E-state index is 0.0366. The van der Waals surface area contributed by atoms with E-state index >= 15 is 0 Å². The number of aromatic carboxylic acids is 1. The summed E-state index contributed by atoms with van der Waals surface area (Å²) in [5, 5.41) is 28.6. The maximum absolute atomic E-state index is 12.1. The molecule has 0 fully saturated rings. The Balaban J connectivity index is 2.75. The van der Waals surface area contributed by atoms with Crippen LogP contribution in [-0.4, -0.2) is 81.9 Å². The van der Waals surface area contributed by atoms with Crippen molar-refractivity contribution in [3.63, 3.8) is 0 Å². The minimum atomic E-state index is -2.87. The highest BCUT2D eigenvalue weighted by atomic mass is 16.6. The molecule has 11 heteroatoms. The first-order valence-corrected chi connectivity index (χ1v) is 9.45. The molecule has 0 saturated carbocycles. The van der Waals surface area contributed by atoms with Gasteiger partial charge in [0.2, 0.25) is 0 Å². The summed E-state index contributed by atoms with van der Waals surface area (Å²) in [5.41, 5.74) is -3.72. The topological polar surface area (TPSA) is 168 Å². The van der Waals surface area contributed by atoms with Crippen LogP contribution in [0.2, 0.25) is 0 Å². The summed E-state index contributed by atoms with van der Waals surface area (Å²) in [6, 6.07) is 4.92. The normalized spacial score (nSPS) is 12.6.